The molecule has 0 aromatic carbocycles. The summed E-state index contributed by atoms with van der Waals surface area (Å²) in [6.45, 7) is 7.57. The third-order valence-corrected chi connectivity index (χ3v) is 3.64. The molecule has 1 unspecified atom stereocenters. The van der Waals surface area contributed by atoms with Crippen molar-refractivity contribution in [3.05, 3.63) is 22.5 Å². The molecule has 3 N–H and O–H groups in total. The van der Waals surface area contributed by atoms with Gasteiger partial charge in [0.15, 0.2) is 0 Å². The van der Waals surface area contributed by atoms with Crippen LogP contribution in [0, 0.1) is 5.92 Å². The molecular formula is C12H23AsN4. The second-order valence-corrected chi connectivity index (χ2v) is 6.61. The minimum absolute atomic E-state index is 0.337. The molecule has 96 valence electrons. The molecule has 0 radical (unpaired) electrons. The van der Waals surface area contributed by atoms with Crippen molar-refractivity contribution in [2.24, 2.45) is 11.7 Å². The summed E-state index contributed by atoms with van der Waals surface area (Å²) < 4.78 is 1.26. The zero-order chi connectivity index (χ0) is 12.4. The summed E-state index contributed by atoms with van der Waals surface area (Å²) in [5, 5.41) is 2.20. The standard InChI is InChI=1S/C12H23AsN4/c1-9(2)6-17-8-11(5-12(13)15-17)16-4-3-10(14)7-16/h5,8-10,15H,3-4,6-7,13-14H2,1-2H3/t10-/m0/s1. The topological polar surface area (TPSA) is 44.5 Å². The van der Waals surface area contributed by atoms with E-state index in [2.05, 4.69) is 41.5 Å². The van der Waals surface area contributed by atoms with Crippen LogP contribution in [0.25, 0.3) is 0 Å². The summed E-state index contributed by atoms with van der Waals surface area (Å²) in [5.74, 6) is 0.652. The minimum atomic E-state index is 0.337. The molecule has 0 aliphatic carbocycles. The molecule has 2 aliphatic heterocycles. The van der Waals surface area contributed by atoms with Crippen molar-refractivity contribution < 1.29 is 0 Å². The number of nitrogens with two attached hydrogens (primary N) is 1. The first-order chi connectivity index (χ1) is 8.04. The second kappa shape index (κ2) is 5.36. The van der Waals surface area contributed by atoms with Gasteiger partial charge in [-0.05, 0) is 0 Å². The molecule has 0 bridgehead atoms. The predicted molar refractivity (Wildman–Crippen MR) is 73.6 cm³/mol. The fraction of sp³-hybridized carbons (Fsp3) is 0.667. The van der Waals surface area contributed by atoms with Crippen molar-refractivity contribution in [2.75, 3.05) is 19.6 Å². The van der Waals surface area contributed by atoms with E-state index in [-0.39, 0.29) is 0 Å². The van der Waals surface area contributed by atoms with Gasteiger partial charge in [-0.25, -0.2) is 0 Å². The Kier molecular flexibility index (Phi) is 4.05. The van der Waals surface area contributed by atoms with Gasteiger partial charge in [-0.15, -0.1) is 0 Å². The maximum atomic E-state index is 5.97. The molecular weight excluding hydrogens is 275 g/mol. The molecule has 1 saturated heterocycles. The Morgan fingerprint density at radius 1 is 1.59 bits per heavy atom. The second-order valence-electron chi connectivity index (χ2n) is 5.31. The van der Waals surface area contributed by atoms with E-state index in [1.54, 1.807) is 16.9 Å². The number of likely N-dealkylation sites (tertiary alicyclic amines) is 1. The molecule has 4 nitrogen and oxygen atoms in total. The predicted octanol–water partition coefficient (Wildman–Crippen LogP) is -0.188. The molecule has 2 heterocycles. The average Bonchev–Trinajstić information content (AvgIpc) is 2.62. The average molecular weight is 298 g/mol. The Balaban J connectivity index is 2.06. The van der Waals surface area contributed by atoms with Gasteiger partial charge in [0.1, 0.15) is 0 Å². The molecule has 0 amide bonds. The first kappa shape index (κ1) is 12.8. The van der Waals surface area contributed by atoms with E-state index in [1.165, 1.54) is 10.2 Å². The van der Waals surface area contributed by atoms with Gasteiger partial charge >= 0.3 is 112 Å². The summed E-state index contributed by atoms with van der Waals surface area (Å²) in [6.07, 6.45) is 5.54. The van der Waals surface area contributed by atoms with E-state index in [0.717, 1.165) is 26.1 Å². The molecule has 0 spiro atoms. The van der Waals surface area contributed by atoms with Crippen LogP contribution in [0.15, 0.2) is 22.5 Å². The Labute approximate surface area is 112 Å². The number of hydrogen-bond donors (Lipinski definition) is 2. The Bertz CT molecular complexity index is 337. The normalized spacial score (nSPS) is 24.9. The maximum absolute atomic E-state index is 5.97. The molecule has 17 heavy (non-hydrogen) atoms. The summed E-state index contributed by atoms with van der Waals surface area (Å²) in [7, 11) is 0. The van der Waals surface area contributed by atoms with Crippen LogP contribution in [0.4, 0.5) is 0 Å². The van der Waals surface area contributed by atoms with Crippen LogP contribution in [0.3, 0.4) is 0 Å². The molecule has 1 fully saturated rings. The van der Waals surface area contributed by atoms with Crippen LogP contribution in [-0.4, -0.2) is 52.4 Å². The summed E-state index contributed by atoms with van der Waals surface area (Å²) in [5.41, 5.74) is 10.7. The van der Waals surface area contributed by atoms with E-state index >= 15 is 0 Å². The molecule has 0 saturated carbocycles. The van der Waals surface area contributed by atoms with Gasteiger partial charge in [-0.1, -0.05) is 0 Å². The van der Waals surface area contributed by atoms with Gasteiger partial charge in [0.2, 0.25) is 0 Å². The van der Waals surface area contributed by atoms with Crippen molar-refractivity contribution >= 4 is 16.9 Å². The van der Waals surface area contributed by atoms with Crippen LogP contribution in [-0.2, 0) is 0 Å². The molecule has 0 aromatic rings. The van der Waals surface area contributed by atoms with Crippen molar-refractivity contribution in [3.63, 3.8) is 0 Å². The van der Waals surface area contributed by atoms with Crippen molar-refractivity contribution in [3.8, 4) is 0 Å². The molecule has 2 aliphatic rings. The van der Waals surface area contributed by atoms with E-state index in [4.69, 9.17) is 5.73 Å². The van der Waals surface area contributed by atoms with Crippen molar-refractivity contribution in [1.82, 2.24) is 15.3 Å². The summed E-state index contributed by atoms with van der Waals surface area (Å²) in [4.78, 5) is 2.39. The Hall–Kier alpha value is -0.602. The number of hydrazine groups is 1. The van der Waals surface area contributed by atoms with E-state index < -0.39 is 0 Å². The van der Waals surface area contributed by atoms with E-state index in [1.807, 2.05) is 0 Å². The zero-order valence-corrected chi connectivity index (χ0v) is 13.1. The van der Waals surface area contributed by atoms with Gasteiger partial charge < -0.3 is 0 Å². The summed E-state index contributed by atoms with van der Waals surface area (Å²) in [6, 6.07) is 0.337. The number of allylic oxidation sites excluding steroid dienone is 1. The fourth-order valence-electron chi connectivity index (χ4n) is 2.27. The first-order valence-corrected chi connectivity index (χ1v) is 7.48. The SMILES string of the molecule is CC(C)CN1C=C(N2CC[C@H](N)C2)C=C([AsH2])N1. The van der Waals surface area contributed by atoms with E-state index in [0.29, 0.717) is 12.0 Å². The third kappa shape index (κ3) is 3.43. The summed E-state index contributed by atoms with van der Waals surface area (Å²) >= 11 is 1.63. The van der Waals surface area contributed by atoms with Gasteiger partial charge in [-0.2, -0.15) is 0 Å². The van der Waals surface area contributed by atoms with Crippen LogP contribution >= 0.6 is 0 Å². The van der Waals surface area contributed by atoms with Crippen molar-refractivity contribution in [1.29, 1.82) is 0 Å². The quantitative estimate of drug-likeness (QED) is 0.709. The van der Waals surface area contributed by atoms with Crippen LogP contribution in [0.2, 0.25) is 0 Å². The molecule has 2 atom stereocenters. The monoisotopic (exact) mass is 298 g/mol. The third-order valence-electron chi connectivity index (χ3n) is 3.02. The van der Waals surface area contributed by atoms with Gasteiger partial charge in [0.05, 0.1) is 0 Å². The Morgan fingerprint density at radius 2 is 2.35 bits per heavy atom. The first-order valence-electron chi connectivity index (χ1n) is 6.27. The number of rotatable bonds is 3. The van der Waals surface area contributed by atoms with Crippen molar-refractivity contribution in [2.45, 2.75) is 26.3 Å². The van der Waals surface area contributed by atoms with Gasteiger partial charge in [0, 0.05) is 0 Å². The number of nitrogens with one attached hydrogen (secondary N) is 1. The zero-order valence-electron chi connectivity index (χ0n) is 10.7. The van der Waals surface area contributed by atoms with Crippen LogP contribution < -0.4 is 11.2 Å². The van der Waals surface area contributed by atoms with Gasteiger partial charge in [0.25, 0.3) is 0 Å². The van der Waals surface area contributed by atoms with E-state index in [9.17, 15) is 0 Å². The molecule has 5 heteroatoms. The number of nitrogens with zero attached hydrogens (tertiary/aromatic N) is 2. The molecule has 2 rings (SSSR count). The fourth-order valence-corrected chi connectivity index (χ4v) is 2.98. The molecule has 0 aromatic heterocycles. The Morgan fingerprint density at radius 3 is 2.94 bits per heavy atom. The van der Waals surface area contributed by atoms with Gasteiger partial charge in [-0.3, -0.25) is 0 Å². The van der Waals surface area contributed by atoms with Crippen LogP contribution in [0.1, 0.15) is 20.3 Å². The van der Waals surface area contributed by atoms with Crippen LogP contribution in [0.5, 0.6) is 0 Å². The number of hydrogen-bond acceptors (Lipinski definition) is 4.